The minimum Gasteiger partial charge on any atom is -0.395 e. The van der Waals surface area contributed by atoms with Crippen molar-refractivity contribution in [3.63, 3.8) is 0 Å². The molecule has 0 aromatic carbocycles. The van der Waals surface area contributed by atoms with E-state index in [0.29, 0.717) is 6.54 Å². The summed E-state index contributed by atoms with van der Waals surface area (Å²) in [7, 11) is 1.97. The molecule has 0 aliphatic heterocycles. The first-order chi connectivity index (χ1) is 5.24. The van der Waals surface area contributed by atoms with E-state index in [2.05, 4.69) is 15.9 Å². The smallest absolute Gasteiger partial charge is 0.0918 e. The molecule has 0 saturated carbocycles. The monoisotopic (exact) mass is 235 g/mol. The van der Waals surface area contributed by atoms with Crippen LogP contribution >= 0.6 is 27.3 Å². The second-order valence-corrected chi connectivity index (χ2v) is 4.05. The molecule has 2 nitrogen and oxygen atoms in total. The summed E-state index contributed by atoms with van der Waals surface area (Å²) < 4.78 is 1.10. The van der Waals surface area contributed by atoms with E-state index in [1.807, 2.05) is 23.4 Å². The average molecular weight is 236 g/mol. The topological polar surface area (TPSA) is 23.5 Å². The summed E-state index contributed by atoms with van der Waals surface area (Å²) in [5.41, 5.74) is 0. The third-order valence-electron chi connectivity index (χ3n) is 1.37. The highest BCUT2D eigenvalue weighted by molar-refractivity contribution is 9.10. The minimum absolute atomic E-state index is 0.200. The lowest BCUT2D eigenvalue weighted by atomic mass is 10.5. The van der Waals surface area contributed by atoms with Crippen molar-refractivity contribution >= 4 is 32.3 Å². The lowest BCUT2D eigenvalue weighted by Gasteiger charge is -2.14. The van der Waals surface area contributed by atoms with Crippen LogP contribution in [0.25, 0.3) is 0 Å². The van der Waals surface area contributed by atoms with Crippen molar-refractivity contribution < 1.29 is 5.11 Å². The molecule has 0 spiro atoms. The van der Waals surface area contributed by atoms with E-state index in [-0.39, 0.29) is 6.61 Å². The molecule has 0 amide bonds. The molecule has 11 heavy (non-hydrogen) atoms. The number of halogens is 1. The molecule has 4 heteroatoms. The Balaban J connectivity index is 2.60. The van der Waals surface area contributed by atoms with E-state index in [0.717, 1.165) is 4.47 Å². The van der Waals surface area contributed by atoms with Gasteiger partial charge in [0.05, 0.1) is 11.6 Å². The van der Waals surface area contributed by atoms with Crippen LogP contribution in [-0.2, 0) is 0 Å². The van der Waals surface area contributed by atoms with E-state index in [4.69, 9.17) is 5.11 Å². The molecule has 0 bridgehead atoms. The van der Waals surface area contributed by atoms with Crippen molar-refractivity contribution in [2.75, 3.05) is 25.1 Å². The van der Waals surface area contributed by atoms with Crippen molar-refractivity contribution in [1.82, 2.24) is 0 Å². The summed E-state index contributed by atoms with van der Waals surface area (Å²) in [6.45, 7) is 0.888. The van der Waals surface area contributed by atoms with Crippen LogP contribution in [0.4, 0.5) is 5.00 Å². The second kappa shape index (κ2) is 4.09. The molecule has 1 aromatic heterocycles. The molecule has 0 fully saturated rings. The Labute approximate surface area is 78.6 Å². The van der Waals surface area contributed by atoms with E-state index in [1.54, 1.807) is 11.3 Å². The number of aliphatic hydroxyl groups excluding tert-OH is 1. The fourth-order valence-electron chi connectivity index (χ4n) is 0.763. The van der Waals surface area contributed by atoms with Crippen LogP contribution in [0.15, 0.2) is 15.9 Å². The molecule has 0 aliphatic rings. The number of aliphatic hydroxyl groups is 1. The lowest BCUT2D eigenvalue weighted by molar-refractivity contribution is 0.304. The van der Waals surface area contributed by atoms with E-state index < -0.39 is 0 Å². The van der Waals surface area contributed by atoms with Gasteiger partial charge in [0.2, 0.25) is 0 Å². The standard InChI is InChI=1S/C7H10BrNOS/c1-9(2-3-10)7-4-6(8)5-11-7/h4-5,10H,2-3H2,1H3. The van der Waals surface area contributed by atoms with Crippen molar-refractivity contribution in [2.24, 2.45) is 0 Å². The third kappa shape index (κ3) is 2.47. The van der Waals surface area contributed by atoms with Gasteiger partial charge in [0, 0.05) is 23.4 Å². The number of nitrogens with zero attached hydrogens (tertiary/aromatic N) is 1. The average Bonchev–Trinajstić information content (AvgIpc) is 2.36. The zero-order chi connectivity index (χ0) is 8.27. The maximum atomic E-state index is 8.66. The number of thiophene rings is 1. The van der Waals surface area contributed by atoms with Gasteiger partial charge >= 0.3 is 0 Å². The van der Waals surface area contributed by atoms with Crippen molar-refractivity contribution in [2.45, 2.75) is 0 Å². The maximum Gasteiger partial charge on any atom is 0.0918 e. The first kappa shape index (κ1) is 9.03. The van der Waals surface area contributed by atoms with Gasteiger partial charge in [-0.25, -0.2) is 0 Å². The molecule has 0 aliphatic carbocycles. The van der Waals surface area contributed by atoms with Gasteiger partial charge in [-0.2, -0.15) is 0 Å². The highest BCUT2D eigenvalue weighted by Crippen LogP contribution is 2.26. The van der Waals surface area contributed by atoms with Gasteiger partial charge in [-0.05, 0) is 22.0 Å². The summed E-state index contributed by atoms with van der Waals surface area (Å²) >= 11 is 5.04. The number of likely N-dealkylation sites (N-methyl/N-ethyl adjacent to an activating group) is 1. The summed E-state index contributed by atoms with van der Waals surface area (Å²) in [4.78, 5) is 2.02. The Kier molecular flexibility index (Phi) is 3.36. The van der Waals surface area contributed by atoms with E-state index >= 15 is 0 Å². The molecule has 0 saturated heterocycles. The van der Waals surface area contributed by atoms with E-state index in [1.165, 1.54) is 5.00 Å². The van der Waals surface area contributed by atoms with Crippen molar-refractivity contribution in [1.29, 1.82) is 0 Å². The normalized spacial score (nSPS) is 10.1. The summed E-state index contributed by atoms with van der Waals surface area (Å²) in [5.74, 6) is 0. The number of hydrogen-bond acceptors (Lipinski definition) is 3. The predicted octanol–water partition coefficient (Wildman–Crippen LogP) is 1.94. The number of hydrogen-bond donors (Lipinski definition) is 1. The maximum absolute atomic E-state index is 8.66. The van der Waals surface area contributed by atoms with Crippen LogP contribution in [0.3, 0.4) is 0 Å². The van der Waals surface area contributed by atoms with Crippen LogP contribution in [0, 0.1) is 0 Å². The fraction of sp³-hybridized carbons (Fsp3) is 0.429. The quantitative estimate of drug-likeness (QED) is 0.866. The molecule has 62 valence electrons. The van der Waals surface area contributed by atoms with Crippen LogP contribution < -0.4 is 4.90 Å². The van der Waals surface area contributed by atoms with Gasteiger partial charge in [-0.15, -0.1) is 11.3 Å². The molecule has 1 rings (SSSR count). The Bertz CT molecular complexity index is 226. The van der Waals surface area contributed by atoms with Crippen LogP contribution in [0.1, 0.15) is 0 Å². The number of rotatable bonds is 3. The highest BCUT2D eigenvalue weighted by Gasteiger charge is 2.01. The predicted molar refractivity (Wildman–Crippen MR) is 52.4 cm³/mol. The molecule has 1 N–H and O–H groups in total. The molecule has 0 atom stereocenters. The molecule has 0 unspecified atom stereocenters. The summed E-state index contributed by atoms with van der Waals surface area (Å²) in [6, 6.07) is 2.04. The Hall–Kier alpha value is -0.0600. The van der Waals surface area contributed by atoms with Crippen LogP contribution in [0.5, 0.6) is 0 Å². The molecule has 1 heterocycles. The van der Waals surface area contributed by atoms with Gasteiger partial charge < -0.3 is 10.0 Å². The lowest BCUT2D eigenvalue weighted by Crippen LogP contribution is -2.19. The Morgan fingerprint density at radius 3 is 2.91 bits per heavy atom. The fourth-order valence-corrected chi connectivity index (χ4v) is 2.18. The highest BCUT2D eigenvalue weighted by atomic mass is 79.9. The Morgan fingerprint density at radius 2 is 2.45 bits per heavy atom. The van der Waals surface area contributed by atoms with Gasteiger partial charge in [0.25, 0.3) is 0 Å². The van der Waals surface area contributed by atoms with Gasteiger partial charge in [0.1, 0.15) is 0 Å². The Morgan fingerprint density at radius 1 is 1.73 bits per heavy atom. The number of anilines is 1. The van der Waals surface area contributed by atoms with E-state index in [9.17, 15) is 0 Å². The van der Waals surface area contributed by atoms with Crippen molar-refractivity contribution in [3.05, 3.63) is 15.9 Å². The first-order valence-electron chi connectivity index (χ1n) is 3.30. The minimum atomic E-state index is 0.200. The van der Waals surface area contributed by atoms with Crippen molar-refractivity contribution in [3.8, 4) is 0 Å². The summed E-state index contributed by atoms with van der Waals surface area (Å²) in [5, 5.41) is 11.9. The first-order valence-corrected chi connectivity index (χ1v) is 4.97. The zero-order valence-corrected chi connectivity index (χ0v) is 8.65. The summed E-state index contributed by atoms with van der Waals surface area (Å²) in [6.07, 6.45) is 0. The van der Waals surface area contributed by atoms with Gasteiger partial charge in [-0.1, -0.05) is 0 Å². The van der Waals surface area contributed by atoms with Crippen LogP contribution in [-0.4, -0.2) is 25.3 Å². The zero-order valence-electron chi connectivity index (χ0n) is 6.25. The second-order valence-electron chi connectivity index (χ2n) is 2.25. The van der Waals surface area contributed by atoms with Crippen LogP contribution in [0.2, 0.25) is 0 Å². The third-order valence-corrected chi connectivity index (χ3v) is 3.17. The molecule has 1 aromatic rings. The molecular weight excluding hydrogens is 226 g/mol. The van der Waals surface area contributed by atoms with Gasteiger partial charge in [0.15, 0.2) is 0 Å². The largest absolute Gasteiger partial charge is 0.395 e. The van der Waals surface area contributed by atoms with Gasteiger partial charge in [-0.3, -0.25) is 0 Å². The SMILES string of the molecule is CN(CCO)c1cc(Br)cs1. The molecule has 0 radical (unpaired) electrons. The molecular formula is C7H10BrNOS.